The van der Waals surface area contributed by atoms with Crippen LogP contribution in [0.3, 0.4) is 0 Å². The normalized spacial score (nSPS) is 10.4. The number of fused-ring (bicyclic) bond motifs is 7. The fraction of sp³-hybridized carbons (Fsp3) is 0.0854. The van der Waals surface area contributed by atoms with E-state index in [1.165, 1.54) is 104 Å². The Bertz CT molecular complexity index is 4380. The molecule has 7 nitrogen and oxygen atoms in total. The summed E-state index contributed by atoms with van der Waals surface area (Å²) in [6.07, 6.45) is 14.8. The van der Waals surface area contributed by atoms with Crippen LogP contribution in [-0.2, 0) is 0 Å². The Morgan fingerprint density at radius 2 is 0.708 bits per heavy atom. The third kappa shape index (κ3) is 17.1. The summed E-state index contributed by atoms with van der Waals surface area (Å²) in [6, 6.07) is 87.5. The Morgan fingerprint density at radius 3 is 1.44 bits per heavy atom. The first-order valence-electron chi connectivity index (χ1n) is 29.9. The van der Waals surface area contributed by atoms with Gasteiger partial charge in [0.25, 0.3) is 0 Å². The zero-order valence-electron chi connectivity index (χ0n) is 51.5. The highest BCUT2D eigenvalue weighted by Crippen LogP contribution is 2.30. The maximum atomic E-state index is 4.67. The van der Waals surface area contributed by atoms with Crippen LogP contribution in [0.25, 0.3) is 98.2 Å². The number of aromatic nitrogens is 7. The first-order chi connectivity index (χ1) is 43.5. The fourth-order valence-corrected chi connectivity index (χ4v) is 10.3. The summed E-state index contributed by atoms with van der Waals surface area (Å²) in [5, 5.41) is 13.5. The van der Waals surface area contributed by atoms with Gasteiger partial charge in [-0.15, -0.1) is 0 Å². The Labute approximate surface area is 522 Å². The Hall–Kier alpha value is -11.2. The molecule has 434 valence electrons. The second kappa shape index (κ2) is 30.3. The van der Waals surface area contributed by atoms with Gasteiger partial charge in [-0.2, -0.15) is 0 Å². The third-order valence-corrected chi connectivity index (χ3v) is 14.7. The predicted octanol–water partition coefficient (Wildman–Crippen LogP) is 21.1. The molecule has 0 fully saturated rings. The minimum Gasteiger partial charge on any atom is -0.264 e. The fourth-order valence-electron chi connectivity index (χ4n) is 10.3. The second-order valence-corrected chi connectivity index (χ2v) is 22.0. The Morgan fingerprint density at radius 1 is 0.236 bits per heavy atom. The molecule has 0 spiro atoms. The van der Waals surface area contributed by atoms with E-state index >= 15 is 0 Å². The van der Waals surface area contributed by atoms with Crippen molar-refractivity contribution in [3.63, 3.8) is 0 Å². The lowest BCUT2D eigenvalue weighted by molar-refractivity contribution is 1.22. The quantitative estimate of drug-likeness (QED) is 0.170. The lowest BCUT2D eigenvalue weighted by Crippen LogP contribution is -1.89. The molecule has 0 amide bonds. The minimum atomic E-state index is 1.06. The van der Waals surface area contributed by atoms with E-state index in [1.54, 1.807) is 0 Å². The third-order valence-electron chi connectivity index (χ3n) is 14.7. The lowest BCUT2D eigenvalue weighted by atomic mass is 9.98. The summed E-state index contributed by atoms with van der Waals surface area (Å²) in [5.41, 5.74) is 16.4. The highest BCUT2D eigenvalue weighted by atomic mass is 14.7. The highest BCUT2D eigenvalue weighted by Gasteiger charge is 2.07. The summed E-state index contributed by atoms with van der Waals surface area (Å²) in [4.78, 5) is 29.9. The topological polar surface area (TPSA) is 90.2 Å². The van der Waals surface area contributed by atoms with Crippen molar-refractivity contribution in [1.82, 2.24) is 34.9 Å². The molecule has 0 saturated heterocycles. The molecule has 0 bridgehead atoms. The van der Waals surface area contributed by atoms with Gasteiger partial charge in [0.15, 0.2) is 0 Å². The van der Waals surface area contributed by atoms with Gasteiger partial charge < -0.3 is 0 Å². The molecular weight excluding hydrogens is 1080 g/mol. The van der Waals surface area contributed by atoms with Crippen molar-refractivity contribution in [3.8, 4) is 22.4 Å². The van der Waals surface area contributed by atoms with Crippen LogP contribution in [0.1, 0.15) is 39.2 Å². The van der Waals surface area contributed by atoms with Crippen LogP contribution in [0.5, 0.6) is 0 Å². The van der Waals surface area contributed by atoms with E-state index in [2.05, 4.69) is 251 Å². The van der Waals surface area contributed by atoms with E-state index in [4.69, 9.17) is 0 Å². The van der Waals surface area contributed by atoms with Crippen LogP contribution >= 0.6 is 0 Å². The van der Waals surface area contributed by atoms with Gasteiger partial charge in [0.1, 0.15) is 0 Å². The molecule has 0 unspecified atom stereocenters. The molecule has 7 aromatic heterocycles. The van der Waals surface area contributed by atoms with Crippen LogP contribution in [0.15, 0.2) is 304 Å². The van der Waals surface area contributed by atoms with Crippen LogP contribution in [-0.4, -0.2) is 34.9 Å². The van der Waals surface area contributed by atoms with Crippen molar-refractivity contribution >= 4 is 75.8 Å². The van der Waals surface area contributed by atoms with Gasteiger partial charge in [0.2, 0.25) is 0 Å². The number of nitrogens with zero attached hydrogens (tertiary/aromatic N) is 7. The van der Waals surface area contributed by atoms with Gasteiger partial charge in [-0.1, -0.05) is 199 Å². The number of pyridine rings is 7. The van der Waals surface area contributed by atoms with Crippen LogP contribution < -0.4 is 0 Å². The van der Waals surface area contributed by atoms with E-state index in [0.717, 1.165) is 33.6 Å². The van der Waals surface area contributed by atoms with Crippen molar-refractivity contribution in [3.05, 3.63) is 344 Å². The van der Waals surface area contributed by atoms with Gasteiger partial charge in [-0.25, -0.2) is 0 Å². The summed E-state index contributed by atoms with van der Waals surface area (Å²) in [5.74, 6) is 0. The van der Waals surface area contributed by atoms with Gasteiger partial charge in [-0.05, 0) is 165 Å². The molecular formula is C82H71N7. The second-order valence-electron chi connectivity index (χ2n) is 22.0. The average molecular weight is 1150 g/mol. The molecule has 0 saturated carbocycles. The molecule has 9 aromatic carbocycles. The summed E-state index contributed by atoms with van der Waals surface area (Å²) < 4.78 is 0. The molecule has 7 heteroatoms. The van der Waals surface area contributed by atoms with Gasteiger partial charge in [0, 0.05) is 104 Å². The standard InChI is InChI=1S/2C16H13N.5C10H9N/c1-12-11-14-9-5-6-10-15(14)16(17-12)13-7-3-2-4-8-13;1-12-10-15(13-6-3-2-4-7-13)14-8-5-9-17-16(14)11-12;1-8-2-3-10-7-11-5-4-9(10)6-8;1-8-2-3-9-4-5-11-7-10(9)6-8;1-8-4-5-10-9(7-8)3-2-6-11-10;1-8-4-5-9-3-2-6-11-10(9)7-8;1-8-6-9-4-2-3-5-10(9)7-11-8/h2*2-11H,1H3;5*2-7H,1H3. The number of rotatable bonds is 2. The van der Waals surface area contributed by atoms with Crippen molar-refractivity contribution in [2.24, 2.45) is 0 Å². The van der Waals surface area contributed by atoms with Crippen molar-refractivity contribution < 1.29 is 0 Å². The van der Waals surface area contributed by atoms with Crippen molar-refractivity contribution in [2.45, 2.75) is 48.5 Å². The number of benzene rings is 9. The molecule has 16 aromatic rings. The summed E-state index contributed by atoms with van der Waals surface area (Å²) >= 11 is 0. The van der Waals surface area contributed by atoms with E-state index < -0.39 is 0 Å². The first kappa shape index (κ1) is 61.0. The summed E-state index contributed by atoms with van der Waals surface area (Å²) in [7, 11) is 0. The van der Waals surface area contributed by atoms with E-state index in [-0.39, 0.29) is 0 Å². The SMILES string of the molecule is Cc1cc(-c2ccccc2)c2cccnc2c1.Cc1cc2ccccc2c(-c2ccccc2)n1.Cc1cc2ccccc2cn1.Cc1ccc2cccnc2c1.Cc1ccc2ccncc2c1.Cc1ccc2cnccc2c1.Cc1ccc2ncccc2c1. The first-order valence-corrected chi connectivity index (χ1v) is 29.9. The molecule has 7 heterocycles. The van der Waals surface area contributed by atoms with Crippen LogP contribution in [0.4, 0.5) is 0 Å². The van der Waals surface area contributed by atoms with E-state index in [9.17, 15) is 0 Å². The number of hydrogen-bond donors (Lipinski definition) is 0. The van der Waals surface area contributed by atoms with E-state index in [1.807, 2.05) is 136 Å². The molecule has 16 rings (SSSR count). The Kier molecular flexibility index (Phi) is 20.7. The predicted molar refractivity (Wildman–Crippen MR) is 376 cm³/mol. The lowest BCUT2D eigenvalue weighted by Gasteiger charge is -2.07. The largest absolute Gasteiger partial charge is 0.264 e. The average Bonchev–Trinajstić information content (AvgIpc) is 1.82. The van der Waals surface area contributed by atoms with E-state index in [0.29, 0.717) is 0 Å². The van der Waals surface area contributed by atoms with Crippen molar-refractivity contribution in [1.29, 1.82) is 0 Å². The zero-order chi connectivity index (χ0) is 61.7. The minimum absolute atomic E-state index is 1.06. The van der Waals surface area contributed by atoms with Crippen molar-refractivity contribution in [2.75, 3.05) is 0 Å². The number of aryl methyl sites for hydroxylation is 7. The molecule has 0 radical (unpaired) electrons. The van der Waals surface area contributed by atoms with Gasteiger partial charge >= 0.3 is 0 Å². The maximum Gasteiger partial charge on any atom is 0.0783 e. The highest BCUT2D eigenvalue weighted by molar-refractivity contribution is 5.96. The smallest absolute Gasteiger partial charge is 0.0783 e. The molecule has 0 N–H and O–H groups in total. The van der Waals surface area contributed by atoms with Crippen LogP contribution in [0.2, 0.25) is 0 Å². The summed E-state index contributed by atoms with van der Waals surface area (Å²) in [6.45, 7) is 14.5. The van der Waals surface area contributed by atoms with Gasteiger partial charge in [0.05, 0.1) is 22.2 Å². The molecule has 0 atom stereocenters. The molecule has 0 aliphatic heterocycles. The molecule has 89 heavy (non-hydrogen) atoms. The Balaban J connectivity index is 0.000000116. The zero-order valence-corrected chi connectivity index (χ0v) is 51.5. The maximum absolute atomic E-state index is 4.67. The van der Waals surface area contributed by atoms with Crippen LogP contribution in [0, 0.1) is 48.5 Å². The molecule has 0 aliphatic carbocycles. The van der Waals surface area contributed by atoms with Gasteiger partial charge in [-0.3, -0.25) is 34.9 Å². The molecule has 0 aliphatic rings. The number of hydrogen-bond acceptors (Lipinski definition) is 7. The monoisotopic (exact) mass is 1150 g/mol.